The van der Waals surface area contributed by atoms with Crippen LogP contribution in [0.2, 0.25) is 0 Å². The number of carboxylic acids is 1. The Bertz CT molecular complexity index is 518. The van der Waals surface area contributed by atoms with Gasteiger partial charge in [-0.2, -0.15) is 0 Å². The Hall–Kier alpha value is -1.56. The molecule has 5 nitrogen and oxygen atoms in total. The van der Waals surface area contributed by atoms with Crippen molar-refractivity contribution in [3.63, 3.8) is 0 Å². The summed E-state index contributed by atoms with van der Waals surface area (Å²) in [6, 6.07) is 4.74. The van der Waals surface area contributed by atoms with Crippen molar-refractivity contribution in [3.8, 4) is 0 Å². The Morgan fingerprint density at radius 1 is 1.44 bits per heavy atom. The first kappa shape index (κ1) is 12.9. The maximum absolute atomic E-state index is 11.9. The summed E-state index contributed by atoms with van der Waals surface area (Å²) < 4.78 is 0.853. The molecule has 0 saturated heterocycles. The maximum atomic E-state index is 11.9. The summed E-state index contributed by atoms with van der Waals surface area (Å²) in [4.78, 5) is 26.1. The van der Waals surface area contributed by atoms with Gasteiger partial charge in [-0.1, -0.05) is 15.9 Å². The molecule has 0 aromatic heterocycles. The van der Waals surface area contributed by atoms with Crippen LogP contribution >= 0.6 is 15.9 Å². The van der Waals surface area contributed by atoms with Crippen LogP contribution in [0, 0.1) is 0 Å². The van der Waals surface area contributed by atoms with E-state index in [-0.39, 0.29) is 12.5 Å². The van der Waals surface area contributed by atoms with Crippen molar-refractivity contribution in [3.05, 3.63) is 22.7 Å². The van der Waals surface area contributed by atoms with Crippen molar-refractivity contribution >= 4 is 39.2 Å². The fourth-order valence-corrected chi connectivity index (χ4v) is 2.31. The smallest absolute Gasteiger partial charge is 0.326 e. The van der Waals surface area contributed by atoms with E-state index in [0.717, 1.165) is 10.2 Å². The maximum Gasteiger partial charge on any atom is 0.326 e. The molecule has 0 radical (unpaired) electrons. The third kappa shape index (κ3) is 2.08. The lowest BCUT2D eigenvalue weighted by Gasteiger charge is -2.37. The Morgan fingerprint density at radius 3 is 2.72 bits per heavy atom. The number of carboxylic acid groups (broad SMARTS) is 1. The molecule has 0 spiro atoms. The highest BCUT2D eigenvalue weighted by atomic mass is 79.9. The Kier molecular flexibility index (Phi) is 3.30. The molecule has 96 valence electrons. The van der Waals surface area contributed by atoms with E-state index < -0.39 is 12.0 Å². The standard InChI is InChI=1S/C12H13BrN2O3/c1-7(12(17)18)15-6-11(16)14(2)10-5-8(13)3-4-9(10)15/h3-5,7H,6H2,1-2H3,(H,17,18). The normalized spacial score (nSPS) is 16.5. The van der Waals surface area contributed by atoms with E-state index in [4.69, 9.17) is 5.11 Å². The van der Waals surface area contributed by atoms with E-state index in [0.29, 0.717) is 5.69 Å². The molecule has 1 amide bonds. The number of likely N-dealkylation sites (N-methyl/N-ethyl adjacent to an activating group) is 1. The van der Waals surface area contributed by atoms with Crippen LogP contribution in [0.1, 0.15) is 6.92 Å². The Labute approximate surface area is 113 Å². The second kappa shape index (κ2) is 4.61. The molecule has 0 bridgehead atoms. The van der Waals surface area contributed by atoms with E-state index in [1.807, 2.05) is 18.2 Å². The number of carbonyl (C=O) groups is 2. The van der Waals surface area contributed by atoms with Crippen LogP contribution in [0.15, 0.2) is 22.7 Å². The first-order valence-corrected chi connectivity index (χ1v) is 6.26. The number of benzene rings is 1. The number of aliphatic carboxylic acids is 1. The van der Waals surface area contributed by atoms with Gasteiger partial charge in [0.1, 0.15) is 6.04 Å². The molecule has 1 aromatic carbocycles. The highest BCUT2D eigenvalue weighted by Gasteiger charge is 2.32. The molecule has 18 heavy (non-hydrogen) atoms. The summed E-state index contributed by atoms with van der Waals surface area (Å²) in [7, 11) is 1.69. The highest BCUT2D eigenvalue weighted by Crippen LogP contribution is 2.36. The number of amides is 1. The topological polar surface area (TPSA) is 60.9 Å². The third-order valence-corrected chi connectivity index (χ3v) is 3.61. The van der Waals surface area contributed by atoms with E-state index in [1.54, 1.807) is 23.8 Å². The predicted molar refractivity (Wildman–Crippen MR) is 72.0 cm³/mol. The van der Waals surface area contributed by atoms with Gasteiger partial charge in [-0.3, -0.25) is 4.79 Å². The van der Waals surface area contributed by atoms with Gasteiger partial charge in [0.25, 0.3) is 0 Å². The second-order valence-electron chi connectivity index (χ2n) is 4.23. The molecule has 0 saturated carbocycles. The first-order valence-electron chi connectivity index (χ1n) is 5.47. The van der Waals surface area contributed by atoms with Crippen molar-refractivity contribution in [2.75, 3.05) is 23.4 Å². The zero-order chi connectivity index (χ0) is 13.4. The van der Waals surface area contributed by atoms with Crippen LogP contribution in [-0.4, -0.2) is 36.6 Å². The molecule has 6 heteroatoms. The highest BCUT2D eigenvalue weighted by molar-refractivity contribution is 9.10. The van der Waals surface area contributed by atoms with Crippen LogP contribution in [0.4, 0.5) is 11.4 Å². The molecule has 1 unspecified atom stereocenters. The summed E-state index contributed by atoms with van der Waals surface area (Å²) in [6.07, 6.45) is 0. The van der Waals surface area contributed by atoms with E-state index in [9.17, 15) is 9.59 Å². The number of fused-ring (bicyclic) bond motifs is 1. The van der Waals surface area contributed by atoms with E-state index in [2.05, 4.69) is 15.9 Å². The zero-order valence-corrected chi connectivity index (χ0v) is 11.6. The zero-order valence-electron chi connectivity index (χ0n) is 10.1. The quantitative estimate of drug-likeness (QED) is 0.903. The number of hydrogen-bond donors (Lipinski definition) is 1. The van der Waals surface area contributed by atoms with Crippen LogP contribution in [-0.2, 0) is 9.59 Å². The molecular weight excluding hydrogens is 300 g/mol. The summed E-state index contributed by atoms with van der Waals surface area (Å²) in [6.45, 7) is 1.66. The van der Waals surface area contributed by atoms with E-state index >= 15 is 0 Å². The fraction of sp³-hybridized carbons (Fsp3) is 0.333. The number of anilines is 2. The van der Waals surface area contributed by atoms with Crippen LogP contribution in [0.3, 0.4) is 0 Å². The fourth-order valence-electron chi connectivity index (χ4n) is 1.96. The minimum atomic E-state index is -0.943. The molecule has 1 atom stereocenters. The van der Waals surface area contributed by atoms with Crippen molar-refractivity contribution in [1.82, 2.24) is 0 Å². The van der Waals surface area contributed by atoms with Gasteiger partial charge < -0.3 is 14.9 Å². The third-order valence-electron chi connectivity index (χ3n) is 3.11. The minimum Gasteiger partial charge on any atom is -0.480 e. The van der Waals surface area contributed by atoms with Crippen LogP contribution in [0.25, 0.3) is 0 Å². The molecule has 1 aromatic rings. The Morgan fingerprint density at radius 2 is 2.11 bits per heavy atom. The van der Waals surface area contributed by atoms with Crippen molar-refractivity contribution in [2.45, 2.75) is 13.0 Å². The lowest BCUT2D eigenvalue weighted by atomic mass is 10.1. The average molecular weight is 313 g/mol. The predicted octanol–water partition coefficient (Wildman–Crippen LogP) is 1.70. The monoisotopic (exact) mass is 312 g/mol. The van der Waals surface area contributed by atoms with Crippen molar-refractivity contribution in [2.24, 2.45) is 0 Å². The second-order valence-corrected chi connectivity index (χ2v) is 5.14. The van der Waals surface area contributed by atoms with Crippen molar-refractivity contribution < 1.29 is 14.7 Å². The lowest BCUT2D eigenvalue weighted by molar-refractivity contribution is -0.138. The summed E-state index contributed by atoms with van der Waals surface area (Å²) in [5.74, 6) is -1.06. The summed E-state index contributed by atoms with van der Waals surface area (Å²) in [5.41, 5.74) is 1.48. The van der Waals surface area contributed by atoms with Gasteiger partial charge in [0.05, 0.1) is 17.9 Å². The van der Waals surface area contributed by atoms with Crippen LogP contribution in [0.5, 0.6) is 0 Å². The summed E-state index contributed by atoms with van der Waals surface area (Å²) in [5, 5.41) is 9.09. The number of rotatable bonds is 2. The van der Waals surface area contributed by atoms with Crippen LogP contribution < -0.4 is 9.80 Å². The van der Waals surface area contributed by atoms with Gasteiger partial charge in [0, 0.05) is 11.5 Å². The van der Waals surface area contributed by atoms with Gasteiger partial charge in [0.2, 0.25) is 5.91 Å². The molecule has 1 heterocycles. The summed E-state index contributed by atoms with van der Waals surface area (Å²) >= 11 is 3.35. The van der Waals surface area contributed by atoms with Gasteiger partial charge in [-0.15, -0.1) is 0 Å². The van der Waals surface area contributed by atoms with Gasteiger partial charge in [-0.05, 0) is 25.1 Å². The number of halogens is 1. The molecule has 2 rings (SSSR count). The minimum absolute atomic E-state index is 0.0819. The number of nitrogens with zero attached hydrogens (tertiary/aromatic N) is 2. The molecule has 1 aliphatic heterocycles. The molecule has 0 aliphatic carbocycles. The van der Waals surface area contributed by atoms with Gasteiger partial charge in [-0.25, -0.2) is 4.79 Å². The molecular formula is C12H13BrN2O3. The lowest BCUT2D eigenvalue weighted by Crippen LogP contribution is -2.50. The SMILES string of the molecule is CC(C(=O)O)N1CC(=O)N(C)c2cc(Br)ccc21. The number of carbonyl (C=O) groups excluding carboxylic acids is 1. The van der Waals surface area contributed by atoms with Crippen molar-refractivity contribution in [1.29, 1.82) is 0 Å². The van der Waals surface area contributed by atoms with Gasteiger partial charge in [0.15, 0.2) is 0 Å². The first-order chi connectivity index (χ1) is 8.41. The molecule has 1 N–H and O–H groups in total. The number of hydrogen-bond acceptors (Lipinski definition) is 3. The van der Waals surface area contributed by atoms with Gasteiger partial charge >= 0.3 is 5.97 Å². The average Bonchev–Trinajstić information content (AvgIpc) is 2.33. The largest absolute Gasteiger partial charge is 0.480 e. The molecule has 1 aliphatic rings. The molecule has 0 fully saturated rings. The van der Waals surface area contributed by atoms with E-state index in [1.165, 1.54) is 0 Å². The Balaban J connectivity index is 2.51.